The second-order valence-electron chi connectivity index (χ2n) is 4.57. The number of ether oxygens (including phenoxy) is 1. The van der Waals surface area contributed by atoms with Crippen molar-refractivity contribution < 1.29 is 18.7 Å². The quantitative estimate of drug-likeness (QED) is 0.665. The van der Waals surface area contributed by atoms with Crippen LogP contribution in [0.25, 0.3) is 0 Å². The molecular formula is C15H18FNO3. The Hall–Kier alpha value is -2.17. The molecule has 0 saturated carbocycles. The van der Waals surface area contributed by atoms with Gasteiger partial charge in [-0.05, 0) is 44.5 Å². The summed E-state index contributed by atoms with van der Waals surface area (Å²) in [6.07, 6.45) is 2.19. The van der Waals surface area contributed by atoms with Crippen molar-refractivity contribution in [3.63, 3.8) is 0 Å². The van der Waals surface area contributed by atoms with Crippen molar-refractivity contribution in [2.75, 3.05) is 7.11 Å². The topological polar surface area (TPSA) is 55.4 Å². The van der Waals surface area contributed by atoms with Gasteiger partial charge in [0.25, 0.3) is 5.91 Å². The number of rotatable bonds is 5. The number of hydrogen-bond acceptors (Lipinski definition) is 3. The van der Waals surface area contributed by atoms with E-state index in [-0.39, 0.29) is 5.56 Å². The summed E-state index contributed by atoms with van der Waals surface area (Å²) in [5.74, 6) is -1.38. The molecule has 0 aliphatic heterocycles. The highest BCUT2D eigenvalue weighted by atomic mass is 19.1. The van der Waals surface area contributed by atoms with E-state index < -0.39 is 23.7 Å². The SMILES string of the molecule is COC(=O)[C@H](CC=C(C)C)NC(=O)c1ccc(F)cc1. The first kappa shape index (κ1) is 15.9. The normalized spacial score (nSPS) is 11.4. The molecule has 1 rings (SSSR count). The summed E-state index contributed by atoms with van der Waals surface area (Å²) in [5.41, 5.74) is 1.33. The van der Waals surface area contributed by atoms with Crippen LogP contribution in [0.2, 0.25) is 0 Å². The van der Waals surface area contributed by atoms with Gasteiger partial charge in [0.2, 0.25) is 0 Å². The number of carbonyl (C=O) groups is 2. The summed E-state index contributed by atoms with van der Waals surface area (Å²) in [6, 6.07) is 4.35. The third-order valence-corrected chi connectivity index (χ3v) is 2.66. The molecule has 4 nitrogen and oxygen atoms in total. The molecule has 1 aromatic rings. The Labute approximate surface area is 117 Å². The smallest absolute Gasteiger partial charge is 0.328 e. The average Bonchev–Trinajstić information content (AvgIpc) is 2.42. The summed E-state index contributed by atoms with van der Waals surface area (Å²) < 4.78 is 17.4. The van der Waals surface area contributed by atoms with E-state index in [9.17, 15) is 14.0 Å². The Morgan fingerprint density at radius 2 is 1.90 bits per heavy atom. The van der Waals surface area contributed by atoms with E-state index in [0.29, 0.717) is 6.42 Å². The van der Waals surface area contributed by atoms with Crippen LogP contribution in [0.4, 0.5) is 4.39 Å². The Balaban J connectivity index is 2.78. The van der Waals surface area contributed by atoms with Crippen molar-refractivity contribution in [1.29, 1.82) is 0 Å². The molecule has 0 aliphatic rings. The van der Waals surface area contributed by atoms with Crippen molar-refractivity contribution in [3.8, 4) is 0 Å². The van der Waals surface area contributed by atoms with Gasteiger partial charge in [-0.25, -0.2) is 9.18 Å². The zero-order valence-corrected chi connectivity index (χ0v) is 11.8. The molecule has 0 aliphatic carbocycles. The molecule has 0 radical (unpaired) electrons. The monoisotopic (exact) mass is 279 g/mol. The fourth-order valence-electron chi connectivity index (χ4n) is 1.55. The van der Waals surface area contributed by atoms with Crippen LogP contribution in [-0.2, 0) is 9.53 Å². The van der Waals surface area contributed by atoms with Gasteiger partial charge < -0.3 is 10.1 Å². The predicted octanol–water partition coefficient (Wildman–Crippen LogP) is 2.45. The first-order valence-corrected chi connectivity index (χ1v) is 6.21. The van der Waals surface area contributed by atoms with Crippen LogP contribution in [0.3, 0.4) is 0 Å². The molecule has 1 amide bonds. The first-order valence-electron chi connectivity index (χ1n) is 6.21. The molecule has 0 spiro atoms. The van der Waals surface area contributed by atoms with E-state index in [2.05, 4.69) is 10.1 Å². The van der Waals surface area contributed by atoms with Gasteiger partial charge in [0.15, 0.2) is 0 Å². The third-order valence-electron chi connectivity index (χ3n) is 2.66. The van der Waals surface area contributed by atoms with Crippen LogP contribution >= 0.6 is 0 Å². The van der Waals surface area contributed by atoms with Gasteiger partial charge >= 0.3 is 5.97 Å². The molecule has 0 fully saturated rings. The first-order chi connectivity index (χ1) is 9.43. The highest BCUT2D eigenvalue weighted by Crippen LogP contribution is 2.06. The maximum Gasteiger partial charge on any atom is 0.328 e. The van der Waals surface area contributed by atoms with E-state index in [1.165, 1.54) is 31.4 Å². The highest BCUT2D eigenvalue weighted by Gasteiger charge is 2.20. The van der Waals surface area contributed by atoms with Crippen molar-refractivity contribution in [2.24, 2.45) is 0 Å². The van der Waals surface area contributed by atoms with E-state index in [4.69, 9.17) is 0 Å². The number of benzene rings is 1. The number of carbonyl (C=O) groups excluding carboxylic acids is 2. The van der Waals surface area contributed by atoms with Crippen LogP contribution in [0.15, 0.2) is 35.9 Å². The molecular weight excluding hydrogens is 261 g/mol. The maximum atomic E-state index is 12.8. The van der Waals surface area contributed by atoms with Crippen molar-refractivity contribution in [1.82, 2.24) is 5.32 Å². The minimum Gasteiger partial charge on any atom is -0.467 e. The van der Waals surface area contributed by atoms with Crippen LogP contribution in [0.1, 0.15) is 30.6 Å². The summed E-state index contributed by atoms with van der Waals surface area (Å²) in [6.45, 7) is 3.80. The van der Waals surface area contributed by atoms with Gasteiger partial charge in [0.05, 0.1) is 7.11 Å². The minimum atomic E-state index is -0.757. The van der Waals surface area contributed by atoms with Crippen LogP contribution in [0, 0.1) is 5.82 Å². The number of hydrogen-bond donors (Lipinski definition) is 1. The van der Waals surface area contributed by atoms with E-state index in [1.807, 2.05) is 19.9 Å². The number of amides is 1. The summed E-state index contributed by atoms with van der Waals surface area (Å²) >= 11 is 0. The molecule has 1 atom stereocenters. The minimum absolute atomic E-state index is 0.289. The van der Waals surface area contributed by atoms with E-state index in [1.54, 1.807) is 0 Å². The molecule has 1 aromatic carbocycles. The van der Waals surface area contributed by atoms with Gasteiger partial charge in [-0.3, -0.25) is 4.79 Å². The molecule has 0 unspecified atom stereocenters. The number of allylic oxidation sites excluding steroid dienone is 1. The van der Waals surface area contributed by atoms with Crippen LogP contribution in [0.5, 0.6) is 0 Å². The van der Waals surface area contributed by atoms with Gasteiger partial charge in [0, 0.05) is 5.56 Å². The van der Waals surface area contributed by atoms with Crippen molar-refractivity contribution >= 4 is 11.9 Å². The zero-order valence-electron chi connectivity index (χ0n) is 11.8. The Bertz CT molecular complexity index is 504. The standard InChI is InChI=1S/C15H18FNO3/c1-10(2)4-9-13(15(19)20-3)17-14(18)11-5-7-12(16)8-6-11/h4-8,13H,9H2,1-3H3,(H,17,18)/t13-/m0/s1. The van der Waals surface area contributed by atoms with E-state index in [0.717, 1.165) is 5.57 Å². The Kier molecular flexibility index (Phi) is 5.90. The Morgan fingerprint density at radius 1 is 1.30 bits per heavy atom. The molecule has 0 heterocycles. The molecule has 20 heavy (non-hydrogen) atoms. The zero-order chi connectivity index (χ0) is 15.1. The average molecular weight is 279 g/mol. The number of nitrogens with one attached hydrogen (secondary N) is 1. The predicted molar refractivity (Wildman–Crippen MR) is 73.7 cm³/mol. The summed E-state index contributed by atoms with van der Waals surface area (Å²) in [4.78, 5) is 23.6. The summed E-state index contributed by atoms with van der Waals surface area (Å²) in [5, 5.41) is 2.58. The van der Waals surface area contributed by atoms with Crippen molar-refractivity contribution in [3.05, 3.63) is 47.3 Å². The lowest BCUT2D eigenvalue weighted by Gasteiger charge is -2.15. The number of esters is 1. The van der Waals surface area contributed by atoms with Crippen LogP contribution in [-0.4, -0.2) is 25.0 Å². The van der Waals surface area contributed by atoms with Gasteiger partial charge in [-0.2, -0.15) is 0 Å². The molecule has 0 aromatic heterocycles. The van der Waals surface area contributed by atoms with Gasteiger partial charge in [-0.15, -0.1) is 0 Å². The molecule has 0 saturated heterocycles. The number of halogens is 1. The second kappa shape index (κ2) is 7.43. The largest absolute Gasteiger partial charge is 0.467 e. The van der Waals surface area contributed by atoms with E-state index >= 15 is 0 Å². The lowest BCUT2D eigenvalue weighted by Crippen LogP contribution is -2.41. The van der Waals surface area contributed by atoms with Crippen molar-refractivity contribution in [2.45, 2.75) is 26.3 Å². The number of methoxy groups -OCH3 is 1. The fraction of sp³-hybridized carbons (Fsp3) is 0.333. The van der Waals surface area contributed by atoms with Gasteiger partial charge in [-0.1, -0.05) is 11.6 Å². The Morgan fingerprint density at radius 3 is 2.40 bits per heavy atom. The lowest BCUT2D eigenvalue weighted by molar-refractivity contribution is -0.142. The van der Waals surface area contributed by atoms with Crippen LogP contribution < -0.4 is 5.32 Å². The second-order valence-corrected chi connectivity index (χ2v) is 4.57. The molecule has 1 N–H and O–H groups in total. The summed E-state index contributed by atoms with van der Waals surface area (Å²) in [7, 11) is 1.27. The van der Waals surface area contributed by atoms with Gasteiger partial charge in [0.1, 0.15) is 11.9 Å². The molecule has 5 heteroatoms. The third kappa shape index (κ3) is 4.84. The maximum absolute atomic E-state index is 12.8. The molecule has 108 valence electrons. The fourth-order valence-corrected chi connectivity index (χ4v) is 1.55. The molecule has 0 bridgehead atoms. The highest BCUT2D eigenvalue weighted by molar-refractivity contribution is 5.96. The lowest BCUT2D eigenvalue weighted by atomic mass is 10.1.